The molecule has 1 amide bonds. The Kier molecular flexibility index (Phi) is 3.67. The van der Waals surface area contributed by atoms with Crippen LogP contribution in [0.25, 0.3) is 0 Å². The van der Waals surface area contributed by atoms with Crippen molar-refractivity contribution in [3.05, 3.63) is 29.6 Å². The number of alkyl halides is 1. The van der Waals surface area contributed by atoms with Gasteiger partial charge in [0.2, 0.25) is 0 Å². The van der Waals surface area contributed by atoms with Gasteiger partial charge in [-0.25, -0.2) is 0 Å². The number of pyridine rings is 1. The fourth-order valence-electron chi connectivity index (χ4n) is 2.09. The van der Waals surface area contributed by atoms with E-state index in [2.05, 4.69) is 4.98 Å². The molecule has 0 radical (unpaired) electrons. The largest absolute Gasteiger partial charge is 0.341 e. The van der Waals surface area contributed by atoms with Crippen molar-refractivity contribution in [1.29, 1.82) is 0 Å². The van der Waals surface area contributed by atoms with Crippen LogP contribution in [-0.4, -0.2) is 34.8 Å². The molecule has 1 heterocycles. The van der Waals surface area contributed by atoms with E-state index in [9.17, 15) is 4.79 Å². The number of aryl methyl sites for hydroxylation is 1. The van der Waals surface area contributed by atoms with Gasteiger partial charge in [0.15, 0.2) is 0 Å². The first kappa shape index (κ1) is 12.4. The highest BCUT2D eigenvalue weighted by atomic mass is 35.5. The van der Waals surface area contributed by atoms with E-state index in [-0.39, 0.29) is 5.91 Å². The van der Waals surface area contributed by atoms with Gasteiger partial charge in [-0.2, -0.15) is 0 Å². The Balaban J connectivity index is 1.92. The third-order valence-electron chi connectivity index (χ3n) is 3.22. The molecular formula is C13H17ClN2O. The highest BCUT2D eigenvalue weighted by molar-refractivity contribution is 6.21. The molecule has 0 aliphatic heterocycles. The molecule has 17 heavy (non-hydrogen) atoms. The van der Waals surface area contributed by atoms with Crippen molar-refractivity contribution in [2.24, 2.45) is 5.92 Å². The van der Waals surface area contributed by atoms with E-state index in [4.69, 9.17) is 11.6 Å². The monoisotopic (exact) mass is 252 g/mol. The summed E-state index contributed by atoms with van der Waals surface area (Å²) in [6.45, 7) is 2.70. The number of hydrogen-bond donors (Lipinski definition) is 0. The molecule has 0 N–H and O–H groups in total. The molecule has 1 aliphatic carbocycles. The van der Waals surface area contributed by atoms with E-state index in [1.807, 2.05) is 26.1 Å². The highest BCUT2D eigenvalue weighted by Crippen LogP contribution is 2.32. The molecule has 0 bridgehead atoms. The standard InChI is InChI=1S/C13H17ClN2O/c1-9-3-4-11(7-15-9)13(17)16(2)8-10-5-12(14)6-10/h3-4,7,10,12H,5-6,8H2,1-2H3. The van der Waals surface area contributed by atoms with E-state index in [0.717, 1.165) is 25.1 Å². The lowest BCUT2D eigenvalue weighted by molar-refractivity contribution is 0.0746. The van der Waals surface area contributed by atoms with E-state index in [0.29, 0.717) is 16.9 Å². The molecule has 0 spiro atoms. The fourth-order valence-corrected chi connectivity index (χ4v) is 2.59. The Bertz CT molecular complexity index is 398. The van der Waals surface area contributed by atoms with Gasteiger partial charge < -0.3 is 4.90 Å². The fraction of sp³-hybridized carbons (Fsp3) is 0.538. The number of nitrogens with zero attached hydrogens (tertiary/aromatic N) is 2. The van der Waals surface area contributed by atoms with Crippen LogP contribution in [0.15, 0.2) is 18.3 Å². The van der Waals surface area contributed by atoms with E-state index >= 15 is 0 Å². The average Bonchev–Trinajstić information content (AvgIpc) is 2.27. The van der Waals surface area contributed by atoms with Gasteiger partial charge in [-0.05, 0) is 37.8 Å². The smallest absolute Gasteiger partial charge is 0.255 e. The number of aromatic nitrogens is 1. The highest BCUT2D eigenvalue weighted by Gasteiger charge is 2.29. The summed E-state index contributed by atoms with van der Waals surface area (Å²) in [5.41, 5.74) is 1.58. The van der Waals surface area contributed by atoms with Gasteiger partial charge in [0.1, 0.15) is 0 Å². The molecule has 1 aliphatic rings. The van der Waals surface area contributed by atoms with Crippen LogP contribution >= 0.6 is 11.6 Å². The molecule has 0 saturated heterocycles. The SMILES string of the molecule is Cc1ccc(C(=O)N(C)CC2CC(Cl)C2)cn1. The minimum absolute atomic E-state index is 0.0375. The lowest BCUT2D eigenvalue weighted by Crippen LogP contribution is -2.37. The average molecular weight is 253 g/mol. The van der Waals surface area contributed by atoms with Crippen molar-refractivity contribution in [2.75, 3.05) is 13.6 Å². The molecular weight excluding hydrogens is 236 g/mol. The maximum Gasteiger partial charge on any atom is 0.255 e. The molecule has 1 aromatic heterocycles. The predicted molar refractivity (Wildman–Crippen MR) is 68.3 cm³/mol. The van der Waals surface area contributed by atoms with Crippen LogP contribution in [0.3, 0.4) is 0 Å². The van der Waals surface area contributed by atoms with Crippen LogP contribution in [-0.2, 0) is 0 Å². The van der Waals surface area contributed by atoms with Gasteiger partial charge in [0.05, 0.1) is 5.56 Å². The molecule has 3 nitrogen and oxygen atoms in total. The molecule has 1 fully saturated rings. The molecule has 92 valence electrons. The first-order valence-corrected chi connectivity index (χ1v) is 6.32. The summed E-state index contributed by atoms with van der Waals surface area (Å²) < 4.78 is 0. The Labute approximate surface area is 107 Å². The van der Waals surface area contributed by atoms with Crippen molar-refractivity contribution in [3.8, 4) is 0 Å². The van der Waals surface area contributed by atoms with Gasteiger partial charge in [-0.3, -0.25) is 9.78 Å². The molecule has 1 saturated carbocycles. The van der Waals surface area contributed by atoms with Crippen LogP contribution in [0.1, 0.15) is 28.9 Å². The molecule has 0 unspecified atom stereocenters. The van der Waals surface area contributed by atoms with E-state index < -0.39 is 0 Å². The summed E-state index contributed by atoms with van der Waals surface area (Å²) in [6.07, 6.45) is 3.68. The third-order valence-corrected chi connectivity index (χ3v) is 3.57. The van der Waals surface area contributed by atoms with Crippen molar-refractivity contribution < 1.29 is 4.79 Å². The van der Waals surface area contributed by atoms with Gasteiger partial charge >= 0.3 is 0 Å². The zero-order chi connectivity index (χ0) is 12.4. The maximum atomic E-state index is 12.1. The lowest BCUT2D eigenvalue weighted by atomic mass is 9.84. The van der Waals surface area contributed by atoms with Crippen molar-refractivity contribution >= 4 is 17.5 Å². The summed E-state index contributed by atoms with van der Waals surface area (Å²) in [5, 5.41) is 0.310. The minimum Gasteiger partial charge on any atom is -0.341 e. The zero-order valence-corrected chi connectivity index (χ0v) is 10.9. The first-order chi connectivity index (χ1) is 8.06. The Morgan fingerprint density at radius 2 is 2.24 bits per heavy atom. The molecule has 0 aromatic carbocycles. The van der Waals surface area contributed by atoms with Crippen molar-refractivity contribution in [3.63, 3.8) is 0 Å². The second-order valence-corrected chi connectivity index (χ2v) is 5.43. The topological polar surface area (TPSA) is 33.2 Å². The summed E-state index contributed by atoms with van der Waals surface area (Å²) in [6, 6.07) is 3.69. The summed E-state index contributed by atoms with van der Waals surface area (Å²) >= 11 is 5.93. The zero-order valence-electron chi connectivity index (χ0n) is 10.2. The van der Waals surface area contributed by atoms with Crippen LogP contribution in [0, 0.1) is 12.8 Å². The van der Waals surface area contributed by atoms with E-state index in [1.54, 1.807) is 11.1 Å². The molecule has 2 rings (SSSR count). The number of hydrogen-bond acceptors (Lipinski definition) is 2. The Morgan fingerprint density at radius 3 is 2.76 bits per heavy atom. The maximum absolute atomic E-state index is 12.1. The van der Waals surface area contributed by atoms with Crippen LogP contribution in [0.4, 0.5) is 0 Å². The number of amides is 1. The molecule has 0 atom stereocenters. The van der Waals surface area contributed by atoms with Crippen LogP contribution in [0.2, 0.25) is 0 Å². The van der Waals surface area contributed by atoms with Crippen molar-refractivity contribution in [1.82, 2.24) is 9.88 Å². The van der Waals surface area contributed by atoms with Gasteiger partial charge in [0.25, 0.3) is 5.91 Å². The first-order valence-electron chi connectivity index (χ1n) is 5.88. The van der Waals surface area contributed by atoms with Gasteiger partial charge in [-0.1, -0.05) is 0 Å². The van der Waals surface area contributed by atoms with Gasteiger partial charge in [0, 0.05) is 30.9 Å². The minimum atomic E-state index is 0.0375. The summed E-state index contributed by atoms with van der Waals surface area (Å²) in [7, 11) is 1.84. The second kappa shape index (κ2) is 5.05. The Hall–Kier alpha value is -1.09. The predicted octanol–water partition coefficient (Wildman–Crippen LogP) is 2.48. The Morgan fingerprint density at radius 1 is 1.53 bits per heavy atom. The van der Waals surface area contributed by atoms with E-state index in [1.165, 1.54) is 0 Å². The summed E-state index contributed by atoms with van der Waals surface area (Å²) in [5.74, 6) is 0.598. The number of halogens is 1. The van der Waals surface area contributed by atoms with Crippen molar-refractivity contribution in [2.45, 2.75) is 25.1 Å². The third kappa shape index (κ3) is 2.97. The molecule has 1 aromatic rings. The normalized spacial score (nSPS) is 23.0. The number of rotatable bonds is 3. The second-order valence-electron chi connectivity index (χ2n) is 4.81. The summed E-state index contributed by atoms with van der Waals surface area (Å²) in [4.78, 5) is 18.0. The quantitative estimate of drug-likeness (QED) is 0.775. The lowest BCUT2D eigenvalue weighted by Gasteiger charge is -2.34. The molecule has 4 heteroatoms. The number of carbonyl (C=O) groups is 1. The number of carbonyl (C=O) groups excluding carboxylic acids is 1. The van der Waals surface area contributed by atoms with Crippen LogP contribution < -0.4 is 0 Å². The van der Waals surface area contributed by atoms with Crippen LogP contribution in [0.5, 0.6) is 0 Å². The van der Waals surface area contributed by atoms with Gasteiger partial charge in [-0.15, -0.1) is 11.6 Å².